The number of hydrogen-bond donors (Lipinski definition) is 0. The number of anilines is 2. The molecule has 1 aromatic carbocycles. The standard InChI is InChI=1S/C19H25N5O2/c1-14-20-17(22(2)3)13-18(21-14)23-8-10-24(11-9-23)19(25)15-6-5-7-16(12-15)26-4/h5-7,12-13H,8-11H2,1-4H3. The molecule has 7 nitrogen and oxygen atoms in total. The molecule has 0 spiro atoms. The van der Waals surface area contributed by atoms with Gasteiger partial charge in [0.1, 0.15) is 23.2 Å². The van der Waals surface area contributed by atoms with E-state index in [1.165, 1.54) is 0 Å². The number of piperazine rings is 1. The first kappa shape index (κ1) is 18.0. The summed E-state index contributed by atoms with van der Waals surface area (Å²) >= 11 is 0. The number of nitrogens with zero attached hydrogens (tertiary/aromatic N) is 5. The van der Waals surface area contributed by atoms with Crippen molar-refractivity contribution in [1.82, 2.24) is 14.9 Å². The van der Waals surface area contributed by atoms with E-state index < -0.39 is 0 Å². The molecule has 1 amide bonds. The van der Waals surface area contributed by atoms with Gasteiger partial charge in [-0.3, -0.25) is 4.79 Å². The maximum absolute atomic E-state index is 12.7. The predicted molar refractivity (Wildman–Crippen MR) is 102 cm³/mol. The number of benzene rings is 1. The summed E-state index contributed by atoms with van der Waals surface area (Å²) < 4.78 is 5.21. The van der Waals surface area contributed by atoms with Crippen molar-refractivity contribution >= 4 is 17.5 Å². The summed E-state index contributed by atoms with van der Waals surface area (Å²) in [7, 11) is 5.54. The molecule has 3 rings (SSSR count). The summed E-state index contributed by atoms with van der Waals surface area (Å²) in [5, 5.41) is 0. The van der Waals surface area contributed by atoms with E-state index >= 15 is 0 Å². The number of carbonyl (C=O) groups is 1. The third kappa shape index (κ3) is 3.87. The minimum atomic E-state index is 0.0383. The lowest BCUT2D eigenvalue weighted by atomic mass is 10.1. The third-order valence-corrected chi connectivity index (χ3v) is 4.48. The monoisotopic (exact) mass is 355 g/mol. The molecule has 0 atom stereocenters. The quantitative estimate of drug-likeness (QED) is 0.834. The third-order valence-electron chi connectivity index (χ3n) is 4.48. The molecule has 26 heavy (non-hydrogen) atoms. The molecule has 2 aromatic rings. The van der Waals surface area contributed by atoms with Crippen molar-refractivity contribution in [3.8, 4) is 5.75 Å². The van der Waals surface area contributed by atoms with E-state index in [2.05, 4.69) is 14.9 Å². The van der Waals surface area contributed by atoms with Gasteiger partial charge in [-0.05, 0) is 25.1 Å². The van der Waals surface area contributed by atoms with Crippen LogP contribution < -0.4 is 14.5 Å². The molecule has 1 aliphatic rings. The summed E-state index contributed by atoms with van der Waals surface area (Å²) in [5.74, 6) is 3.29. The molecule has 0 aliphatic carbocycles. The maximum atomic E-state index is 12.7. The summed E-state index contributed by atoms with van der Waals surface area (Å²) in [4.78, 5) is 27.8. The lowest BCUT2D eigenvalue weighted by Crippen LogP contribution is -2.49. The van der Waals surface area contributed by atoms with E-state index in [4.69, 9.17) is 4.74 Å². The second-order valence-electron chi connectivity index (χ2n) is 6.54. The van der Waals surface area contributed by atoms with Gasteiger partial charge in [-0.2, -0.15) is 0 Å². The highest BCUT2D eigenvalue weighted by Crippen LogP contribution is 2.20. The maximum Gasteiger partial charge on any atom is 0.254 e. The van der Waals surface area contributed by atoms with Crippen LogP contribution in [0.2, 0.25) is 0 Å². The summed E-state index contributed by atoms with van der Waals surface area (Å²) in [5.41, 5.74) is 0.658. The minimum absolute atomic E-state index is 0.0383. The van der Waals surface area contributed by atoms with Gasteiger partial charge in [0, 0.05) is 51.9 Å². The van der Waals surface area contributed by atoms with Gasteiger partial charge in [0.15, 0.2) is 0 Å². The number of carbonyl (C=O) groups excluding carboxylic acids is 1. The number of hydrogen-bond acceptors (Lipinski definition) is 6. The number of aromatic nitrogens is 2. The van der Waals surface area contributed by atoms with Gasteiger partial charge in [-0.25, -0.2) is 9.97 Å². The Kier molecular flexibility index (Phi) is 5.25. The molecular formula is C19H25N5O2. The Hall–Kier alpha value is -2.83. The van der Waals surface area contributed by atoms with Crippen LogP contribution in [0, 0.1) is 6.92 Å². The normalized spacial score (nSPS) is 14.3. The average molecular weight is 355 g/mol. The minimum Gasteiger partial charge on any atom is -0.497 e. The van der Waals surface area contributed by atoms with Crippen LogP contribution in [0.3, 0.4) is 0 Å². The van der Waals surface area contributed by atoms with Crippen molar-refractivity contribution in [3.63, 3.8) is 0 Å². The summed E-state index contributed by atoms with van der Waals surface area (Å²) in [6, 6.07) is 9.29. The van der Waals surface area contributed by atoms with Gasteiger partial charge in [0.2, 0.25) is 0 Å². The van der Waals surface area contributed by atoms with Gasteiger partial charge in [0.25, 0.3) is 5.91 Å². The number of amides is 1. The van der Waals surface area contributed by atoms with Crippen LogP contribution in [0.1, 0.15) is 16.2 Å². The summed E-state index contributed by atoms with van der Waals surface area (Å²) in [6.07, 6.45) is 0. The van der Waals surface area contributed by atoms with E-state index in [1.807, 2.05) is 55.1 Å². The van der Waals surface area contributed by atoms with Crippen LogP contribution in [0.25, 0.3) is 0 Å². The number of aryl methyl sites for hydroxylation is 1. The van der Waals surface area contributed by atoms with E-state index in [1.54, 1.807) is 13.2 Å². The first-order chi connectivity index (χ1) is 12.5. The van der Waals surface area contributed by atoms with E-state index in [0.717, 1.165) is 30.5 Å². The van der Waals surface area contributed by atoms with Crippen LogP contribution in [-0.2, 0) is 0 Å². The topological polar surface area (TPSA) is 61.8 Å². The van der Waals surface area contributed by atoms with Gasteiger partial charge in [-0.1, -0.05) is 6.07 Å². The molecule has 0 bridgehead atoms. The Morgan fingerprint density at radius 1 is 1.12 bits per heavy atom. The summed E-state index contributed by atoms with van der Waals surface area (Å²) in [6.45, 7) is 4.73. The van der Waals surface area contributed by atoms with Crippen molar-refractivity contribution in [2.75, 3.05) is 57.2 Å². The molecular weight excluding hydrogens is 330 g/mol. The first-order valence-corrected chi connectivity index (χ1v) is 8.69. The number of methoxy groups -OCH3 is 1. The largest absolute Gasteiger partial charge is 0.497 e. The first-order valence-electron chi connectivity index (χ1n) is 8.69. The van der Waals surface area contributed by atoms with E-state index in [9.17, 15) is 4.79 Å². The zero-order chi connectivity index (χ0) is 18.7. The number of rotatable bonds is 4. The van der Waals surface area contributed by atoms with Crippen LogP contribution in [-0.4, -0.2) is 68.2 Å². The van der Waals surface area contributed by atoms with E-state index in [-0.39, 0.29) is 5.91 Å². The Balaban J connectivity index is 1.68. The smallest absolute Gasteiger partial charge is 0.254 e. The van der Waals surface area contributed by atoms with Crippen LogP contribution in [0.4, 0.5) is 11.6 Å². The zero-order valence-corrected chi connectivity index (χ0v) is 15.8. The van der Waals surface area contributed by atoms with Gasteiger partial charge in [0.05, 0.1) is 7.11 Å². The molecule has 1 aliphatic heterocycles. The molecule has 2 heterocycles. The Morgan fingerprint density at radius 3 is 2.50 bits per heavy atom. The molecule has 1 aromatic heterocycles. The Morgan fingerprint density at radius 2 is 1.85 bits per heavy atom. The van der Waals surface area contributed by atoms with Crippen molar-refractivity contribution < 1.29 is 9.53 Å². The van der Waals surface area contributed by atoms with E-state index in [0.29, 0.717) is 24.4 Å². The van der Waals surface area contributed by atoms with Crippen molar-refractivity contribution in [2.45, 2.75) is 6.92 Å². The number of ether oxygens (including phenoxy) is 1. The second kappa shape index (κ2) is 7.59. The fourth-order valence-corrected chi connectivity index (χ4v) is 3.00. The SMILES string of the molecule is COc1cccc(C(=O)N2CCN(c3cc(N(C)C)nc(C)n3)CC2)c1. The lowest BCUT2D eigenvalue weighted by molar-refractivity contribution is 0.0746. The highest BCUT2D eigenvalue weighted by Gasteiger charge is 2.23. The molecule has 0 N–H and O–H groups in total. The van der Waals surface area contributed by atoms with Gasteiger partial charge >= 0.3 is 0 Å². The molecule has 7 heteroatoms. The zero-order valence-electron chi connectivity index (χ0n) is 15.8. The Bertz CT molecular complexity index is 785. The molecule has 0 unspecified atom stereocenters. The Labute approximate surface area is 154 Å². The van der Waals surface area contributed by atoms with Crippen LogP contribution >= 0.6 is 0 Å². The highest BCUT2D eigenvalue weighted by molar-refractivity contribution is 5.94. The average Bonchev–Trinajstić information content (AvgIpc) is 2.67. The second-order valence-corrected chi connectivity index (χ2v) is 6.54. The fraction of sp³-hybridized carbons (Fsp3) is 0.421. The molecule has 1 fully saturated rings. The highest BCUT2D eigenvalue weighted by atomic mass is 16.5. The van der Waals surface area contributed by atoms with Crippen molar-refractivity contribution in [2.24, 2.45) is 0 Å². The van der Waals surface area contributed by atoms with Crippen LogP contribution in [0.5, 0.6) is 5.75 Å². The van der Waals surface area contributed by atoms with Gasteiger partial charge < -0.3 is 19.4 Å². The van der Waals surface area contributed by atoms with Crippen molar-refractivity contribution in [1.29, 1.82) is 0 Å². The molecule has 0 saturated carbocycles. The molecule has 0 radical (unpaired) electrons. The fourth-order valence-electron chi connectivity index (χ4n) is 3.00. The van der Waals surface area contributed by atoms with Crippen molar-refractivity contribution in [3.05, 3.63) is 41.7 Å². The molecule has 1 saturated heterocycles. The van der Waals surface area contributed by atoms with Crippen LogP contribution in [0.15, 0.2) is 30.3 Å². The predicted octanol–water partition coefficient (Wildman–Crippen LogP) is 1.82. The lowest BCUT2D eigenvalue weighted by Gasteiger charge is -2.35. The van der Waals surface area contributed by atoms with Gasteiger partial charge in [-0.15, -0.1) is 0 Å². The molecule has 138 valence electrons.